The van der Waals surface area contributed by atoms with Crippen LogP contribution in [0.2, 0.25) is 0 Å². The van der Waals surface area contributed by atoms with Gasteiger partial charge in [-0.3, -0.25) is 4.79 Å². The summed E-state index contributed by atoms with van der Waals surface area (Å²) in [6.07, 6.45) is 2.95. The highest BCUT2D eigenvalue weighted by Gasteiger charge is 2.18. The lowest BCUT2D eigenvalue weighted by atomic mass is 9.94. The van der Waals surface area contributed by atoms with Crippen LogP contribution in [-0.4, -0.2) is 41.2 Å². The Hall–Kier alpha value is -0.910. The van der Waals surface area contributed by atoms with Crippen LogP contribution in [0.3, 0.4) is 0 Å². The maximum absolute atomic E-state index is 11.8. The van der Waals surface area contributed by atoms with Crippen molar-refractivity contribution >= 4 is 23.8 Å². The molecule has 0 radical (unpaired) electrons. The smallest absolute Gasteiger partial charge is 0.315 e. The molecule has 1 aliphatic heterocycles. The van der Waals surface area contributed by atoms with Gasteiger partial charge in [0.2, 0.25) is 0 Å². The monoisotopic (exact) mass is 302 g/mol. The molecule has 0 aliphatic carbocycles. The highest BCUT2D eigenvalue weighted by molar-refractivity contribution is 7.99. The van der Waals surface area contributed by atoms with Crippen LogP contribution in [0, 0.1) is 11.8 Å². The summed E-state index contributed by atoms with van der Waals surface area (Å²) in [5, 5.41) is 14.7. The molecule has 3 N–H and O–H groups in total. The van der Waals surface area contributed by atoms with Crippen LogP contribution in [0.25, 0.3) is 0 Å². The number of urea groups is 1. The Bertz CT molecular complexity index is 318. The fourth-order valence-corrected chi connectivity index (χ4v) is 3.57. The van der Waals surface area contributed by atoms with Crippen LogP contribution < -0.4 is 10.6 Å². The van der Waals surface area contributed by atoms with Crippen molar-refractivity contribution in [2.24, 2.45) is 11.8 Å². The van der Waals surface area contributed by atoms with Gasteiger partial charge in [0, 0.05) is 19.0 Å². The number of carboxylic acids is 1. The van der Waals surface area contributed by atoms with Gasteiger partial charge in [0.25, 0.3) is 0 Å². The van der Waals surface area contributed by atoms with E-state index in [0.29, 0.717) is 12.5 Å². The van der Waals surface area contributed by atoms with E-state index in [4.69, 9.17) is 5.11 Å². The molecule has 0 spiro atoms. The number of carbonyl (C=O) groups excluding carboxylic acids is 1. The molecular weight excluding hydrogens is 276 g/mol. The Morgan fingerprint density at radius 1 is 1.30 bits per heavy atom. The molecule has 0 bridgehead atoms. The van der Waals surface area contributed by atoms with Crippen molar-refractivity contribution < 1.29 is 14.7 Å². The van der Waals surface area contributed by atoms with Gasteiger partial charge in [-0.2, -0.15) is 11.8 Å². The fraction of sp³-hybridized carbons (Fsp3) is 0.857. The Morgan fingerprint density at radius 3 is 2.50 bits per heavy atom. The number of nitrogens with one attached hydrogen (secondary N) is 2. The number of amides is 2. The molecule has 116 valence electrons. The number of carbonyl (C=O) groups is 2. The zero-order chi connectivity index (χ0) is 15.0. The van der Waals surface area contributed by atoms with E-state index in [1.807, 2.05) is 11.8 Å². The van der Waals surface area contributed by atoms with E-state index in [1.165, 1.54) is 0 Å². The number of aliphatic carboxylic acids is 1. The van der Waals surface area contributed by atoms with Gasteiger partial charge in [0.15, 0.2) is 0 Å². The van der Waals surface area contributed by atoms with Crippen molar-refractivity contribution in [1.82, 2.24) is 10.6 Å². The highest BCUT2D eigenvalue weighted by atomic mass is 32.2. The summed E-state index contributed by atoms with van der Waals surface area (Å²) >= 11 is 1.92. The Morgan fingerprint density at radius 2 is 1.95 bits per heavy atom. The van der Waals surface area contributed by atoms with Gasteiger partial charge in [-0.1, -0.05) is 13.8 Å². The molecule has 20 heavy (non-hydrogen) atoms. The van der Waals surface area contributed by atoms with E-state index in [2.05, 4.69) is 24.5 Å². The summed E-state index contributed by atoms with van der Waals surface area (Å²) < 4.78 is 0. The van der Waals surface area contributed by atoms with E-state index in [-0.39, 0.29) is 24.4 Å². The summed E-state index contributed by atoms with van der Waals surface area (Å²) in [6.45, 7) is 4.56. The molecule has 6 heteroatoms. The number of rotatable bonds is 7. The molecule has 2 amide bonds. The van der Waals surface area contributed by atoms with Gasteiger partial charge in [0.05, 0.1) is 0 Å². The van der Waals surface area contributed by atoms with Crippen LogP contribution in [0.1, 0.15) is 39.5 Å². The van der Waals surface area contributed by atoms with E-state index in [0.717, 1.165) is 30.8 Å². The first-order valence-electron chi connectivity index (χ1n) is 7.31. The molecule has 5 nitrogen and oxygen atoms in total. The number of hydrogen-bond acceptors (Lipinski definition) is 3. The molecule has 0 saturated carbocycles. The van der Waals surface area contributed by atoms with Crippen molar-refractivity contribution in [2.75, 3.05) is 18.1 Å². The molecule has 0 aromatic heterocycles. The van der Waals surface area contributed by atoms with Gasteiger partial charge in [-0.15, -0.1) is 0 Å². The summed E-state index contributed by atoms with van der Waals surface area (Å²) in [7, 11) is 0. The van der Waals surface area contributed by atoms with Crippen LogP contribution >= 0.6 is 11.8 Å². The van der Waals surface area contributed by atoms with E-state index >= 15 is 0 Å². The van der Waals surface area contributed by atoms with Crippen LogP contribution in [0.5, 0.6) is 0 Å². The lowest BCUT2D eigenvalue weighted by Crippen LogP contribution is -2.45. The lowest BCUT2D eigenvalue weighted by Gasteiger charge is -2.24. The molecule has 0 unspecified atom stereocenters. The van der Waals surface area contributed by atoms with E-state index in [1.54, 1.807) is 0 Å². The SMILES string of the molecule is CC(C)C[C@H](CNC(=O)NC1CCSCC1)CC(=O)O. The van der Waals surface area contributed by atoms with Crippen molar-refractivity contribution in [1.29, 1.82) is 0 Å². The first kappa shape index (κ1) is 17.1. The quantitative estimate of drug-likeness (QED) is 0.674. The summed E-state index contributed by atoms with van der Waals surface area (Å²) in [5.41, 5.74) is 0. The van der Waals surface area contributed by atoms with Crippen LogP contribution in [0.15, 0.2) is 0 Å². The average molecular weight is 302 g/mol. The standard InChI is InChI=1S/C14H26N2O3S/c1-10(2)7-11(8-13(17)18)9-15-14(19)16-12-3-5-20-6-4-12/h10-12H,3-9H2,1-2H3,(H,17,18)(H2,15,16,19)/t11-/m0/s1. The second-order valence-corrected chi connectivity index (χ2v) is 7.06. The average Bonchev–Trinajstić information content (AvgIpc) is 2.36. The van der Waals surface area contributed by atoms with Gasteiger partial charge >= 0.3 is 12.0 Å². The maximum Gasteiger partial charge on any atom is 0.315 e. The molecule has 0 aromatic carbocycles. The minimum atomic E-state index is -0.804. The fourth-order valence-electron chi connectivity index (χ4n) is 2.47. The van der Waals surface area contributed by atoms with Crippen LogP contribution in [0.4, 0.5) is 4.79 Å². The van der Waals surface area contributed by atoms with E-state index in [9.17, 15) is 9.59 Å². The third-order valence-corrected chi connectivity index (χ3v) is 4.42. The maximum atomic E-state index is 11.8. The third kappa shape index (κ3) is 7.62. The number of hydrogen-bond donors (Lipinski definition) is 3. The zero-order valence-electron chi connectivity index (χ0n) is 12.4. The third-order valence-electron chi connectivity index (χ3n) is 3.38. The van der Waals surface area contributed by atoms with Gasteiger partial charge in [-0.25, -0.2) is 4.79 Å². The molecular formula is C14H26N2O3S. The van der Waals surface area contributed by atoms with Crippen molar-refractivity contribution in [3.8, 4) is 0 Å². The lowest BCUT2D eigenvalue weighted by molar-refractivity contribution is -0.138. The summed E-state index contributed by atoms with van der Waals surface area (Å²) in [5.74, 6) is 1.82. The minimum absolute atomic E-state index is 0.000149. The second-order valence-electron chi connectivity index (χ2n) is 5.83. The predicted molar refractivity (Wildman–Crippen MR) is 82.1 cm³/mol. The van der Waals surface area contributed by atoms with Crippen LogP contribution in [-0.2, 0) is 4.79 Å². The highest BCUT2D eigenvalue weighted by Crippen LogP contribution is 2.17. The Balaban J connectivity index is 2.29. The molecule has 1 fully saturated rings. The first-order chi connectivity index (χ1) is 9.47. The second kappa shape index (κ2) is 9.10. The van der Waals surface area contributed by atoms with Gasteiger partial charge in [0.1, 0.15) is 0 Å². The molecule has 1 atom stereocenters. The molecule has 1 rings (SSSR count). The van der Waals surface area contributed by atoms with Crippen molar-refractivity contribution in [2.45, 2.75) is 45.6 Å². The van der Waals surface area contributed by atoms with Gasteiger partial charge < -0.3 is 15.7 Å². The topological polar surface area (TPSA) is 78.4 Å². The molecule has 1 aliphatic rings. The molecule has 1 saturated heterocycles. The normalized spacial score (nSPS) is 17.8. The van der Waals surface area contributed by atoms with Crippen molar-refractivity contribution in [3.05, 3.63) is 0 Å². The Kier molecular flexibility index (Phi) is 7.80. The zero-order valence-corrected chi connectivity index (χ0v) is 13.2. The minimum Gasteiger partial charge on any atom is -0.481 e. The molecule has 1 heterocycles. The Labute approximate surface area is 125 Å². The summed E-state index contributed by atoms with van der Waals surface area (Å²) in [4.78, 5) is 22.6. The number of carboxylic acid groups (broad SMARTS) is 1. The summed E-state index contributed by atoms with van der Waals surface area (Å²) in [6, 6.07) is 0.0975. The largest absolute Gasteiger partial charge is 0.481 e. The predicted octanol–water partition coefficient (Wildman–Crippen LogP) is 2.32. The van der Waals surface area contributed by atoms with Crippen molar-refractivity contribution in [3.63, 3.8) is 0 Å². The van der Waals surface area contributed by atoms with E-state index < -0.39 is 5.97 Å². The molecule has 0 aromatic rings. The first-order valence-corrected chi connectivity index (χ1v) is 8.46. The van der Waals surface area contributed by atoms with Gasteiger partial charge in [-0.05, 0) is 42.6 Å². The number of thioether (sulfide) groups is 1.